The highest BCUT2D eigenvalue weighted by molar-refractivity contribution is 7.92. The van der Waals surface area contributed by atoms with Crippen LogP contribution in [-0.4, -0.2) is 44.3 Å². The van der Waals surface area contributed by atoms with Gasteiger partial charge < -0.3 is 10.2 Å². The van der Waals surface area contributed by atoms with Gasteiger partial charge in [0.15, 0.2) is 0 Å². The first kappa shape index (κ1) is 31.5. The molecule has 0 saturated carbocycles. The highest BCUT2D eigenvalue weighted by Gasteiger charge is 2.33. The van der Waals surface area contributed by atoms with Gasteiger partial charge in [-0.15, -0.1) is 0 Å². The van der Waals surface area contributed by atoms with Crippen molar-refractivity contribution in [1.29, 1.82) is 0 Å². The number of rotatable bonds is 12. The molecule has 0 aliphatic rings. The Morgan fingerprint density at radius 1 is 0.925 bits per heavy atom. The predicted molar refractivity (Wildman–Crippen MR) is 161 cm³/mol. The van der Waals surface area contributed by atoms with E-state index in [2.05, 4.69) is 5.32 Å². The Hall–Kier alpha value is -3.07. The first-order chi connectivity index (χ1) is 18.9. The molecule has 0 aliphatic heterocycles. The van der Waals surface area contributed by atoms with Crippen molar-refractivity contribution in [2.75, 3.05) is 17.4 Å². The molecule has 0 heterocycles. The van der Waals surface area contributed by atoms with Gasteiger partial charge >= 0.3 is 0 Å². The Morgan fingerprint density at radius 3 is 2.12 bits per heavy atom. The molecule has 0 spiro atoms. The number of hydrogen-bond donors (Lipinski definition) is 1. The smallest absolute Gasteiger partial charge is 0.264 e. The zero-order chi connectivity index (χ0) is 29.4. The minimum absolute atomic E-state index is 0.00242. The second-order valence-electron chi connectivity index (χ2n) is 9.75. The zero-order valence-electron chi connectivity index (χ0n) is 23.2. The second-order valence-corrected chi connectivity index (χ2v) is 12.5. The van der Waals surface area contributed by atoms with Gasteiger partial charge in [0, 0.05) is 18.1 Å². The van der Waals surface area contributed by atoms with Crippen LogP contribution in [0.15, 0.2) is 71.6 Å². The van der Waals surface area contributed by atoms with E-state index in [0.717, 1.165) is 33.8 Å². The van der Waals surface area contributed by atoms with Crippen LogP contribution >= 0.6 is 23.2 Å². The monoisotopic (exact) mass is 603 g/mol. The van der Waals surface area contributed by atoms with Crippen molar-refractivity contribution in [1.82, 2.24) is 10.2 Å². The number of unbranched alkanes of at least 4 members (excludes halogenated alkanes) is 1. The molecule has 0 unspecified atom stereocenters. The molecule has 7 nitrogen and oxygen atoms in total. The summed E-state index contributed by atoms with van der Waals surface area (Å²) in [6.07, 6.45) is 1.72. The second kappa shape index (κ2) is 14.0. The van der Waals surface area contributed by atoms with E-state index in [-0.39, 0.29) is 33.1 Å². The number of hydrogen-bond acceptors (Lipinski definition) is 4. The van der Waals surface area contributed by atoms with Crippen LogP contribution in [-0.2, 0) is 26.2 Å². The number of nitrogens with zero attached hydrogens (tertiary/aromatic N) is 2. The number of amides is 2. The maximum Gasteiger partial charge on any atom is 0.264 e. The van der Waals surface area contributed by atoms with Gasteiger partial charge in [-0.2, -0.15) is 0 Å². The zero-order valence-corrected chi connectivity index (χ0v) is 25.5. The number of benzene rings is 3. The molecule has 0 fully saturated rings. The Kier molecular flexibility index (Phi) is 11.0. The van der Waals surface area contributed by atoms with Crippen LogP contribution < -0.4 is 9.62 Å². The minimum Gasteiger partial charge on any atom is -0.354 e. The standard InChI is InChI=1S/C30H35Cl2N3O4S/c1-5-6-17-33-30(37)23(4)34(19-24-11-7-21(2)8-12-24)29(36)20-35(28-18-25(31)13-16-27(28)32)40(38,39)26-14-9-22(3)10-15-26/h7-16,18,23H,5-6,17,19-20H2,1-4H3,(H,33,37)/t23-/m1/s1. The van der Waals surface area contributed by atoms with Gasteiger partial charge in [0.2, 0.25) is 11.8 Å². The molecule has 40 heavy (non-hydrogen) atoms. The molecule has 0 aromatic heterocycles. The molecule has 0 aliphatic carbocycles. The Balaban J connectivity index is 2.04. The third-order valence-corrected chi connectivity index (χ3v) is 8.86. The van der Waals surface area contributed by atoms with E-state index in [1.165, 1.54) is 35.2 Å². The van der Waals surface area contributed by atoms with Crippen molar-refractivity contribution in [2.45, 2.75) is 58.0 Å². The van der Waals surface area contributed by atoms with Crippen LogP contribution in [0.5, 0.6) is 0 Å². The maximum absolute atomic E-state index is 14.0. The highest BCUT2D eigenvalue weighted by Crippen LogP contribution is 2.33. The molecular weight excluding hydrogens is 569 g/mol. The lowest BCUT2D eigenvalue weighted by Crippen LogP contribution is -2.51. The number of carbonyl (C=O) groups excluding carboxylic acids is 2. The van der Waals surface area contributed by atoms with E-state index in [1.54, 1.807) is 19.1 Å². The lowest BCUT2D eigenvalue weighted by atomic mass is 10.1. The normalized spacial score (nSPS) is 12.1. The number of sulfonamides is 1. The summed E-state index contributed by atoms with van der Waals surface area (Å²) in [6.45, 7) is 7.47. The SMILES string of the molecule is CCCCNC(=O)[C@@H](C)N(Cc1ccc(C)cc1)C(=O)CN(c1cc(Cl)ccc1Cl)S(=O)(=O)c1ccc(C)cc1. The number of aryl methyl sites for hydroxylation is 2. The number of anilines is 1. The van der Waals surface area contributed by atoms with Gasteiger partial charge in [-0.3, -0.25) is 13.9 Å². The highest BCUT2D eigenvalue weighted by atomic mass is 35.5. The van der Waals surface area contributed by atoms with E-state index in [0.29, 0.717) is 6.54 Å². The fourth-order valence-corrected chi connectivity index (χ4v) is 5.90. The summed E-state index contributed by atoms with van der Waals surface area (Å²) in [4.78, 5) is 28.4. The summed E-state index contributed by atoms with van der Waals surface area (Å²) in [6, 6.07) is 17.5. The van der Waals surface area contributed by atoms with Crippen LogP contribution in [0.25, 0.3) is 0 Å². The Morgan fingerprint density at radius 2 is 1.52 bits per heavy atom. The van der Waals surface area contributed by atoms with Gasteiger partial charge in [0.1, 0.15) is 12.6 Å². The van der Waals surface area contributed by atoms with Crippen molar-refractivity contribution < 1.29 is 18.0 Å². The summed E-state index contributed by atoms with van der Waals surface area (Å²) in [5.74, 6) is -0.881. The summed E-state index contributed by atoms with van der Waals surface area (Å²) >= 11 is 12.7. The molecule has 10 heteroatoms. The Labute approximate surface area is 247 Å². The fraction of sp³-hybridized carbons (Fsp3) is 0.333. The molecular formula is C30H35Cl2N3O4S. The van der Waals surface area contributed by atoms with Crippen LogP contribution in [0.2, 0.25) is 10.0 Å². The van der Waals surface area contributed by atoms with Gasteiger partial charge in [0.05, 0.1) is 15.6 Å². The van der Waals surface area contributed by atoms with Gasteiger partial charge in [-0.25, -0.2) is 8.42 Å². The van der Waals surface area contributed by atoms with Crippen LogP contribution in [0.1, 0.15) is 43.4 Å². The molecule has 0 radical (unpaired) electrons. The fourth-order valence-electron chi connectivity index (χ4n) is 4.04. The van der Waals surface area contributed by atoms with Crippen molar-refractivity contribution >= 4 is 50.7 Å². The van der Waals surface area contributed by atoms with E-state index in [1.807, 2.05) is 45.0 Å². The minimum atomic E-state index is -4.24. The maximum atomic E-state index is 14.0. The van der Waals surface area contributed by atoms with Gasteiger partial charge in [-0.05, 0) is 63.1 Å². The van der Waals surface area contributed by atoms with Crippen molar-refractivity contribution in [3.05, 3.63) is 93.5 Å². The molecule has 3 rings (SSSR count). The first-order valence-electron chi connectivity index (χ1n) is 13.1. The Bertz CT molecular complexity index is 1430. The average Bonchev–Trinajstić information content (AvgIpc) is 2.92. The predicted octanol–water partition coefficient (Wildman–Crippen LogP) is 6.14. The van der Waals surface area contributed by atoms with Crippen LogP contribution in [0.4, 0.5) is 5.69 Å². The van der Waals surface area contributed by atoms with Gasteiger partial charge in [-0.1, -0.05) is 84.1 Å². The number of carbonyl (C=O) groups is 2. The van der Waals surface area contributed by atoms with E-state index < -0.39 is 28.5 Å². The quantitative estimate of drug-likeness (QED) is 0.252. The lowest BCUT2D eigenvalue weighted by Gasteiger charge is -2.32. The third-order valence-electron chi connectivity index (χ3n) is 6.54. The van der Waals surface area contributed by atoms with E-state index in [4.69, 9.17) is 23.2 Å². The molecule has 0 saturated heterocycles. The average molecular weight is 605 g/mol. The number of nitrogens with one attached hydrogen (secondary N) is 1. The summed E-state index contributed by atoms with van der Waals surface area (Å²) < 4.78 is 28.8. The molecule has 0 bridgehead atoms. The largest absolute Gasteiger partial charge is 0.354 e. The van der Waals surface area contributed by atoms with Gasteiger partial charge in [0.25, 0.3) is 10.0 Å². The molecule has 1 atom stereocenters. The lowest BCUT2D eigenvalue weighted by molar-refractivity contribution is -0.139. The van der Waals surface area contributed by atoms with Crippen molar-refractivity contribution in [3.8, 4) is 0 Å². The van der Waals surface area contributed by atoms with E-state index in [9.17, 15) is 18.0 Å². The molecule has 214 valence electrons. The summed E-state index contributed by atoms with van der Waals surface area (Å²) in [5, 5.41) is 3.25. The van der Waals surface area contributed by atoms with Crippen LogP contribution in [0, 0.1) is 13.8 Å². The third kappa shape index (κ3) is 7.99. The van der Waals surface area contributed by atoms with Crippen molar-refractivity contribution in [2.24, 2.45) is 0 Å². The van der Waals surface area contributed by atoms with Crippen LogP contribution in [0.3, 0.4) is 0 Å². The molecule has 3 aromatic carbocycles. The topological polar surface area (TPSA) is 86.8 Å². The first-order valence-corrected chi connectivity index (χ1v) is 15.3. The van der Waals surface area contributed by atoms with E-state index >= 15 is 0 Å². The van der Waals surface area contributed by atoms with Crippen molar-refractivity contribution in [3.63, 3.8) is 0 Å². The molecule has 1 N–H and O–H groups in total. The summed E-state index contributed by atoms with van der Waals surface area (Å²) in [5.41, 5.74) is 2.81. The molecule has 3 aromatic rings. The molecule has 2 amide bonds. The summed E-state index contributed by atoms with van der Waals surface area (Å²) in [7, 11) is -4.24. The number of halogens is 2.